The van der Waals surface area contributed by atoms with E-state index in [9.17, 15) is 14.7 Å². The van der Waals surface area contributed by atoms with Crippen molar-refractivity contribution in [3.05, 3.63) is 0 Å². The van der Waals surface area contributed by atoms with Gasteiger partial charge in [-0.25, -0.2) is 0 Å². The van der Waals surface area contributed by atoms with Crippen LogP contribution in [0.25, 0.3) is 0 Å². The van der Waals surface area contributed by atoms with Crippen LogP contribution in [0.5, 0.6) is 0 Å². The van der Waals surface area contributed by atoms with Crippen LogP contribution in [0.15, 0.2) is 0 Å². The van der Waals surface area contributed by atoms with Gasteiger partial charge in [0.05, 0.1) is 6.10 Å². The van der Waals surface area contributed by atoms with Crippen molar-refractivity contribution in [2.45, 2.75) is 60.0 Å². The summed E-state index contributed by atoms with van der Waals surface area (Å²) in [6.45, 7) is 10.4. The molecule has 3 N–H and O–H groups in total. The van der Waals surface area contributed by atoms with E-state index >= 15 is 0 Å². The van der Waals surface area contributed by atoms with Gasteiger partial charge >= 0.3 is 0 Å². The Kier molecular flexibility index (Phi) is 8.46. The second-order valence-electron chi connectivity index (χ2n) is 6.70. The maximum absolute atomic E-state index is 11.6. The van der Waals surface area contributed by atoms with Crippen molar-refractivity contribution in [3.63, 3.8) is 0 Å². The molecule has 0 rings (SSSR count). The van der Waals surface area contributed by atoms with Crippen molar-refractivity contribution < 1.29 is 14.7 Å². The molecule has 20 heavy (non-hydrogen) atoms. The first-order chi connectivity index (χ1) is 9.12. The van der Waals surface area contributed by atoms with E-state index < -0.39 is 11.5 Å². The van der Waals surface area contributed by atoms with Crippen LogP contribution < -0.4 is 10.6 Å². The number of rotatable bonds is 8. The maximum atomic E-state index is 11.6. The number of aliphatic hydroxyl groups excluding tert-OH is 1. The van der Waals surface area contributed by atoms with Gasteiger partial charge in [-0.2, -0.15) is 0 Å². The molecule has 5 nitrogen and oxygen atoms in total. The molecule has 0 aliphatic carbocycles. The van der Waals surface area contributed by atoms with Gasteiger partial charge < -0.3 is 15.7 Å². The van der Waals surface area contributed by atoms with Crippen molar-refractivity contribution >= 4 is 11.8 Å². The summed E-state index contributed by atoms with van der Waals surface area (Å²) < 4.78 is 0. The summed E-state index contributed by atoms with van der Waals surface area (Å²) in [6.07, 6.45) is 1.16. The third-order valence-electron chi connectivity index (χ3n) is 2.83. The van der Waals surface area contributed by atoms with Gasteiger partial charge in [0.2, 0.25) is 11.8 Å². The van der Waals surface area contributed by atoms with E-state index in [-0.39, 0.29) is 11.8 Å². The first-order valence-electron chi connectivity index (χ1n) is 7.36. The normalized spacial score (nSPS) is 13.2. The molecule has 5 heteroatoms. The Morgan fingerprint density at radius 1 is 1.15 bits per heavy atom. The average Bonchev–Trinajstić information content (AvgIpc) is 2.29. The number of nitrogens with one attached hydrogen (secondary N) is 2. The number of amides is 2. The molecule has 0 fully saturated rings. The van der Waals surface area contributed by atoms with Crippen LogP contribution in [0.4, 0.5) is 0 Å². The molecule has 0 radical (unpaired) electrons. The Labute approximate surface area is 122 Å². The highest BCUT2D eigenvalue weighted by Crippen LogP contribution is 2.12. The van der Waals surface area contributed by atoms with E-state index in [1.807, 2.05) is 34.6 Å². The van der Waals surface area contributed by atoms with E-state index in [0.717, 1.165) is 0 Å². The summed E-state index contributed by atoms with van der Waals surface area (Å²) in [5.74, 6) is 0.317. The fourth-order valence-electron chi connectivity index (χ4n) is 1.66. The Morgan fingerprint density at radius 2 is 1.75 bits per heavy atom. The molecule has 118 valence electrons. The lowest BCUT2D eigenvalue weighted by Crippen LogP contribution is -2.36. The van der Waals surface area contributed by atoms with E-state index in [4.69, 9.17) is 0 Å². The van der Waals surface area contributed by atoms with E-state index in [1.54, 1.807) is 0 Å². The Morgan fingerprint density at radius 3 is 2.25 bits per heavy atom. The quantitative estimate of drug-likeness (QED) is 0.591. The molecular formula is C15H30N2O3. The second kappa shape index (κ2) is 8.95. The standard InChI is InChI=1S/C15H30N2O3/c1-11(2)9-12(18)10-17-13(19)7-6-8-16-14(20)15(3,4)5/h11-12,18H,6-10H2,1-5H3,(H,16,20)(H,17,19). The predicted molar refractivity (Wildman–Crippen MR) is 80.2 cm³/mol. The van der Waals surface area contributed by atoms with Crippen molar-refractivity contribution in [2.24, 2.45) is 11.3 Å². The highest BCUT2D eigenvalue weighted by Gasteiger charge is 2.20. The lowest BCUT2D eigenvalue weighted by molar-refractivity contribution is -0.128. The van der Waals surface area contributed by atoms with Gasteiger partial charge in [0.1, 0.15) is 0 Å². The predicted octanol–water partition coefficient (Wildman–Crippen LogP) is 1.45. The van der Waals surface area contributed by atoms with Crippen LogP contribution in [0.3, 0.4) is 0 Å². The molecule has 0 aromatic carbocycles. The summed E-state index contributed by atoms with van der Waals surface area (Å²) in [5.41, 5.74) is -0.400. The zero-order valence-electron chi connectivity index (χ0n) is 13.5. The van der Waals surface area contributed by atoms with Crippen LogP contribution in [0, 0.1) is 11.3 Å². The van der Waals surface area contributed by atoms with Crippen LogP contribution in [-0.2, 0) is 9.59 Å². The number of aliphatic hydroxyl groups is 1. The van der Waals surface area contributed by atoms with Crippen LogP contribution in [0.2, 0.25) is 0 Å². The van der Waals surface area contributed by atoms with E-state index in [1.165, 1.54) is 0 Å². The summed E-state index contributed by atoms with van der Waals surface area (Å²) in [7, 11) is 0. The number of carbonyl (C=O) groups excluding carboxylic acids is 2. The lowest BCUT2D eigenvalue weighted by atomic mass is 9.96. The summed E-state index contributed by atoms with van der Waals surface area (Å²) in [4.78, 5) is 23.1. The summed E-state index contributed by atoms with van der Waals surface area (Å²) >= 11 is 0. The lowest BCUT2D eigenvalue weighted by Gasteiger charge is -2.17. The molecule has 0 aliphatic rings. The maximum Gasteiger partial charge on any atom is 0.225 e. The monoisotopic (exact) mass is 286 g/mol. The van der Waals surface area contributed by atoms with Crippen LogP contribution in [0.1, 0.15) is 53.9 Å². The molecule has 2 amide bonds. The molecule has 1 unspecified atom stereocenters. The Balaban J connectivity index is 3.67. The van der Waals surface area contributed by atoms with E-state index in [0.29, 0.717) is 38.3 Å². The van der Waals surface area contributed by atoms with Gasteiger partial charge in [0.15, 0.2) is 0 Å². The SMILES string of the molecule is CC(C)CC(O)CNC(=O)CCCNC(=O)C(C)(C)C. The first-order valence-corrected chi connectivity index (χ1v) is 7.36. The van der Waals surface area contributed by atoms with Crippen molar-refractivity contribution in [3.8, 4) is 0 Å². The fraction of sp³-hybridized carbons (Fsp3) is 0.867. The average molecular weight is 286 g/mol. The molecule has 0 saturated heterocycles. The van der Waals surface area contributed by atoms with Crippen molar-refractivity contribution in [1.82, 2.24) is 10.6 Å². The highest BCUT2D eigenvalue weighted by atomic mass is 16.3. The minimum atomic E-state index is -0.487. The number of hydrogen-bond donors (Lipinski definition) is 3. The van der Waals surface area contributed by atoms with Crippen LogP contribution >= 0.6 is 0 Å². The van der Waals surface area contributed by atoms with Crippen molar-refractivity contribution in [2.75, 3.05) is 13.1 Å². The smallest absolute Gasteiger partial charge is 0.225 e. The third-order valence-corrected chi connectivity index (χ3v) is 2.83. The van der Waals surface area contributed by atoms with E-state index in [2.05, 4.69) is 10.6 Å². The topological polar surface area (TPSA) is 78.4 Å². The molecule has 0 aromatic heterocycles. The minimum absolute atomic E-state index is 0.00902. The van der Waals surface area contributed by atoms with Gasteiger partial charge in [-0.05, 0) is 18.8 Å². The number of carbonyl (C=O) groups is 2. The Hall–Kier alpha value is -1.10. The molecule has 1 atom stereocenters. The first kappa shape index (κ1) is 18.9. The van der Waals surface area contributed by atoms with Gasteiger partial charge in [-0.1, -0.05) is 34.6 Å². The highest BCUT2D eigenvalue weighted by molar-refractivity contribution is 5.81. The zero-order chi connectivity index (χ0) is 15.8. The number of hydrogen-bond acceptors (Lipinski definition) is 3. The van der Waals surface area contributed by atoms with Gasteiger partial charge in [0.25, 0.3) is 0 Å². The molecular weight excluding hydrogens is 256 g/mol. The zero-order valence-corrected chi connectivity index (χ0v) is 13.5. The fourth-order valence-corrected chi connectivity index (χ4v) is 1.66. The second-order valence-corrected chi connectivity index (χ2v) is 6.70. The molecule has 0 heterocycles. The molecule has 0 aliphatic heterocycles. The molecule has 0 saturated carbocycles. The van der Waals surface area contributed by atoms with Gasteiger partial charge in [-0.15, -0.1) is 0 Å². The van der Waals surface area contributed by atoms with Crippen molar-refractivity contribution in [1.29, 1.82) is 0 Å². The largest absolute Gasteiger partial charge is 0.391 e. The van der Waals surface area contributed by atoms with Gasteiger partial charge in [0, 0.05) is 24.9 Å². The summed E-state index contributed by atoms with van der Waals surface area (Å²) in [6, 6.07) is 0. The third kappa shape index (κ3) is 9.78. The van der Waals surface area contributed by atoms with Gasteiger partial charge in [-0.3, -0.25) is 9.59 Å². The molecule has 0 aromatic rings. The van der Waals surface area contributed by atoms with Crippen LogP contribution in [-0.4, -0.2) is 36.1 Å². The summed E-state index contributed by atoms with van der Waals surface area (Å²) in [5, 5.41) is 15.1. The molecule has 0 spiro atoms. The minimum Gasteiger partial charge on any atom is -0.391 e. The Bertz CT molecular complexity index is 309. The molecule has 0 bridgehead atoms.